The summed E-state index contributed by atoms with van der Waals surface area (Å²) in [4.78, 5) is 31.0. The maximum atomic E-state index is 12.3. The van der Waals surface area contributed by atoms with Crippen molar-refractivity contribution in [1.82, 2.24) is 14.8 Å². The van der Waals surface area contributed by atoms with E-state index in [4.69, 9.17) is 9.47 Å². The molecule has 2 heterocycles. The third kappa shape index (κ3) is 3.93. The Labute approximate surface area is 146 Å². The normalized spacial score (nSPS) is 14.3. The summed E-state index contributed by atoms with van der Waals surface area (Å²) in [5.41, 5.74) is 0.638. The number of piperazine rings is 1. The van der Waals surface area contributed by atoms with Gasteiger partial charge in [0, 0.05) is 38.6 Å². The number of aromatic nitrogens is 1. The Hall–Kier alpha value is -2.96. The van der Waals surface area contributed by atoms with E-state index in [1.807, 2.05) is 12.1 Å². The van der Waals surface area contributed by atoms with Crippen LogP contribution in [-0.2, 0) is 4.79 Å². The van der Waals surface area contributed by atoms with E-state index in [9.17, 15) is 9.59 Å². The molecule has 1 aliphatic heterocycles. The molecule has 0 aliphatic carbocycles. The summed E-state index contributed by atoms with van der Waals surface area (Å²) in [6.45, 7) is 2.00. The van der Waals surface area contributed by atoms with Gasteiger partial charge >= 0.3 is 0 Å². The fraction of sp³-hybridized carbons (Fsp3) is 0.333. The standard InChI is InChI=1S/C18H21N3O4/c1-24-15-4-2-3-5-16(15)25-13-17(22)20-8-10-21(11-9-20)18(23)14-6-7-19-12-14/h2-7,12,19H,8-11,13H2,1H3. The van der Waals surface area contributed by atoms with E-state index in [1.165, 1.54) is 0 Å². The van der Waals surface area contributed by atoms with Crippen molar-refractivity contribution in [2.24, 2.45) is 0 Å². The molecule has 1 saturated heterocycles. The van der Waals surface area contributed by atoms with E-state index in [-0.39, 0.29) is 18.4 Å². The Morgan fingerprint density at radius 1 is 1.04 bits per heavy atom. The molecule has 2 amide bonds. The molecule has 1 fully saturated rings. The van der Waals surface area contributed by atoms with Crippen LogP contribution in [0.15, 0.2) is 42.7 Å². The molecule has 0 saturated carbocycles. The van der Waals surface area contributed by atoms with Crippen molar-refractivity contribution in [3.05, 3.63) is 48.3 Å². The SMILES string of the molecule is COc1ccccc1OCC(=O)N1CCN(C(=O)c2cc[nH]c2)CC1. The average molecular weight is 343 g/mol. The van der Waals surface area contributed by atoms with Crippen LogP contribution in [0.5, 0.6) is 11.5 Å². The first kappa shape index (κ1) is 16.9. The van der Waals surface area contributed by atoms with Crippen molar-refractivity contribution in [1.29, 1.82) is 0 Å². The number of ether oxygens (including phenoxy) is 2. The third-order valence-corrected chi connectivity index (χ3v) is 4.18. The lowest BCUT2D eigenvalue weighted by molar-refractivity contribution is -0.134. The molecule has 25 heavy (non-hydrogen) atoms. The highest BCUT2D eigenvalue weighted by atomic mass is 16.5. The van der Waals surface area contributed by atoms with Gasteiger partial charge in [0.1, 0.15) is 0 Å². The summed E-state index contributed by atoms with van der Waals surface area (Å²) in [7, 11) is 1.56. The van der Waals surface area contributed by atoms with Crippen LogP contribution < -0.4 is 9.47 Å². The lowest BCUT2D eigenvalue weighted by Gasteiger charge is -2.34. The summed E-state index contributed by atoms with van der Waals surface area (Å²) in [5.74, 6) is 1.02. The van der Waals surface area contributed by atoms with Crippen molar-refractivity contribution in [3.63, 3.8) is 0 Å². The van der Waals surface area contributed by atoms with Gasteiger partial charge in [-0.1, -0.05) is 12.1 Å². The van der Waals surface area contributed by atoms with Crippen LogP contribution >= 0.6 is 0 Å². The molecule has 0 bridgehead atoms. The molecule has 7 nitrogen and oxygen atoms in total. The maximum Gasteiger partial charge on any atom is 0.260 e. The van der Waals surface area contributed by atoms with Gasteiger partial charge in [0.15, 0.2) is 18.1 Å². The Balaban J connectivity index is 1.49. The molecule has 0 radical (unpaired) electrons. The first-order valence-electron chi connectivity index (χ1n) is 8.14. The summed E-state index contributed by atoms with van der Waals surface area (Å²) >= 11 is 0. The van der Waals surface area contributed by atoms with Gasteiger partial charge in [-0.05, 0) is 18.2 Å². The minimum Gasteiger partial charge on any atom is -0.493 e. The number of nitrogens with one attached hydrogen (secondary N) is 1. The summed E-state index contributed by atoms with van der Waals surface area (Å²) in [6, 6.07) is 8.97. The summed E-state index contributed by atoms with van der Waals surface area (Å²) < 4.78 is 10.8. The van der Waals surface area contributed by atoms with Crippen molar-refractivity contribution >= 4 is 11.8 Å². The van der Waals surface area contributed by atoms with E-state index in [1.54, 1.807) is 47.5 Å². The number of para-hydroxylation sites is 2. The van der Waals surface area contributed by atoms with E-state index < -0.39 is 0 Å². The Kier molecular flexibility index (Phi) is 5.23. The first-order valence-corrected chi connectivity index (χ1v) is 8.14. The van der Waals surface area contributed by atoms with Gasteiger partial charge in [0.05, 0.1) is 12.7 Å². The van der Waals surface area contributed by atoms with E-state index >= 15 is 0 Å². The first-order chi connectivity index (χ1) is 12.2. The number of rotatable bonds is 5. The van der Waals surface area contributed by atoms with Crippen LogP contribution in [0, 0.1) is 0 Å². The van der Waals surface area contributed by atoms with Crippen LogP contribution in [0.1, 0.15) is 10.4 Å². The van der Waals surface area contributed by atoms with Crippen molar-refractivity contribution in [2.45, 2.75) is 0 Å². The molecule has 0 atom stereocenters. The number of aromatic amines is 1. The number of hydrogen-bond acceptors (Lipinski definition) is 4. The smallest absolute Gasteiger partial charge is 0.260 e. The highest BCUT2D eigenvalue weighted by Crippen LogP contribution is 2.25. The number of carbonyl (C=O) groups is 2. The molecule has 132 valence electrons. The maximum absolute atomic E-state index is 12.3. The van der Waals surface area contributed by atoms with Gasteiger partial charge in [-0.3, -0.25) is 9.59 Å². The lowest BCUT2D eigenvalue weighted by atomic mass is 10.2. The molecule has 0 spiro atoms. The summed E-state index contributed by atoms with van der Waals surface area (Å²) in [6.07, 6.45) is 3.41. The number of amides is 2. The summed E-state index contributed by atoms with van der Waals surface area (Å²) in [5, 5.41) is 0. The molecule has 1 aliphatic rings. The van der Waals surface area contributed by atoms with Gasteiger partial charge in [0.25, 0.3) is 11.8 Å². The zero-order valence-electron chi connectivity index (χ0n) is 14.1. The predicted octanol–water partition coefficient (Wildman–Crippen LogP) is 1.39. The number of nitrogens with zero attached hydrogens (tertiary/aromatic N) is 2. The number of H-pyrrole nitrogens is 1. The molecule has 1 aromatic carbocycles. The van der Waals surface area contributed by atoms with E-state index in [2.05, 4.69) is 4.98 Å². The molecule has 1 N–H and O–H groups in total. The molecule has 2 aromatic rings. The molecule has 3 rings (SSSR count). The predicted molar refractivity (Wildman–Crippen MR) is 91.8 cm³/mol. The number of benzene rings is 1. The molecule has 7 heteroatoms. The number of methoxy groups -OCH3 is 1. The monoisotopic (exact) mass is 343 g/mol. The Bertz CT molecular complexity index is 722. The van der Waals surface area contributed by atoms with Crippen LogP contribution in [0.25, 0.3) is 0 Å². The number of carbonyl (C=O) groups excluding carboxylic acids is 2. The highest BCUT2D eigenvalue weighted by molar-refractivity contribution is 5.94. The van der Waals surface area contributed by atoms with Crippen LogP contribution in [0.4, 0.5) is 0 Å². The zero-order valence-corrected chi connectivity index (χ0v) is 14.1. The fourth-order valence-electron chi connectivity index (χ4n) is 2.77. The fourth-order valence-corrected chi connectivity index (χ4v) is 2.77. The van der Waals surface area contributed by atoms with Gasteiger partial charge in [-0.15, -0.1) is 0 Å². The minimum absolute atomic E-state index is 0.0152. The van der Waals surface area contributed by atoms with Crippen LogP contribution in [0.3, 0.4) is 0 Å². The van der Waals surface area contributed by atoms with Gasteiger partial charge in [-0.25, -0.2) is 0 Å². The third-order valence-electron chi connectivity index (χ3n) is 4.18. The molecule has 1 aromatic heterocycles. The second-order valence-electron chi connectivity index (χ2n) is 5.71. The second kappa shape index (κ2) is 7.74. The van der Waals surface area contributed by atoms with E-state index in [0.717, 1.165) is 0 Å². The van der Waals surface area contributed by atoms with Crippen molar-refractivity contribution in [2.75, 3.05) is 39.9 Å². The highest BCUT2D eigenvalue weighted by Gasteiger charge is 2.25. The van der Waals surface area contributed by atoms with Gasteiger partial charge in [-0.2, -0.15) is 0 Å². The Morgan fingerprint density at radius 3 is 2.36 bits per heavy atom. The van der Waals surface area contributed by atoms with Crippen molar-refractivity contribution in [3.8, 4) is 11.5 Å². The quantitative estimate of drug-likeness (QED) is 0.890. The number of hydrogen-bond donors (Lipinski definition) is 1. The lowest BCUT2D eigenvalue weighted by Crippen LogP contribution is -2.51. The van der Waals surface area contributed by atoms with Gasteiger partial charge in [0.2, 0.25) is 0 Å². The minimum atomic E-state index is -0.0975. The van der Waals surface area contributed by atoms with Crippen LogP contribution in [-0.4, -0.2) is 66.5 Å². The zero-order chi connectivity index (χ0) is 17.6. The largest absolute Gasteiger partial charge is 0.493 e. The molecular formula is C18H21N3O4. The van der Waals surface area contributed by atoms with Crippen molar-refractivity contribution < 1.29 is 19.1 Å². The van der Waals surface area contributed by atoms with Gasteiger partial charge < -0.3 is 24.3 Å². The topological polar surface area (TPSA) is 74.9 Å². The average Bonchev–Trinajstić information content (AvgIpc) is 3.20. The second-order valence-corrected chi connectivity index (χ2v) is 5.71. The van der Waals surface area contributed by atoms with E-state index in [0.29, 0.717) is 43.2 Å². The van der Waals surface area contributed by atoms with Crippen LogP contribution in [0.2, 0.25) is 0 Å². The molecular weight excluding hydrogens is 322 g/mol. The Morgan fingerprint density at radius 2 is 1.72 bits per heavy atom. The molecule has 0 unspecified atom stereocenters.